The Morgan fingerprint density at radius 2 is 1.85 bits per heavy atom. The molecular weight excluding hydrogens is 277 g/mol. The monoisotopic (exact) mass is 289 g/mol. The minimum atomic E-state index is -0.382. The van der Waals surface area contributed by atoms with Gasteiger partial charge in [0.25, 0.3) is 0 Å². The van der Waals surface area contributed by atoms with Crippen LogP contribution in [0.25, 0.3) is 0 Å². The van der Waals surface area contributed by atoms with E-state index >= 15 is 0 Å². The fraction of sp³-hybridized carbons (Fsp3) is 0.188. The molecule has 102 valence electrons. The van der Waals surface area contributed by atoms with Crippen molar-refractivity contribution in [2.45, 2.75) is 20.5 Å². The standard InChI is InChI=1S/C16H13ClFNO/c1-10-5-14(17)6-11(2)16(10)20-9-13-7-15(18)4-3-12(13)8-19/h3-7H,9H2,1-2H3. The van der Waals surface area contributed by atoms with E-state index in [9.17, 15) is 4.39 Å². The molecule has 0 aliphatic heterocycles. The van der Waals surface area contributed by atoms with Gasteiger partial charge in [-0.15, -0.1) is 0 Å². The number of benzene rings is 2. The van der Waals surface area contributed by atoms with Crippen LogP contribution >= 0.6 is 11.6 Å². The Labute approximate surface area is 122 Å². The molecule has 2 aromatic carbocycles. The lowest BCUT2D eigenvalue weighted by Crippen LogP contribution is -2.01. The van der Waals surface area contributed by atoms with E-state index in [4.69, 9.17) is 21.6 Å². The molecular formula is C16H13ClFNO. The van der Waals surface area contributed by atoms with Crippen molar-refractivity contribution in [3.8, 4) is 11.8 Å². The van der Waals surface area contributed by atoms with Gasteiger partial charge in [-0.2, -0.15) is 5.26 Å². The first-order valence-electron chi connectivity index (χ1n) is 6.09. The van der Waals surface area contributed by atoms with Crippen molar-refractivity contribution in [2.24, 2.45) is 0 Å². The van der Waals surface area contributed by atoms with Crippen LogP contribution in [0.1, 0.15) is 22.3 Å². The second kappa shape index (κ2) is 5.94. The van der Waals surface area contributed by atoms with Gasteiger partial charge in [-0.05, 0) is 55.3 Å². The Morgan fingerprint density at radius 3 is 2.45 bits per heavy atom. The summed E-state index contributed by atoms with van der Waals surface area (Å²) in [6, 6.07) is 9.68. The largest absolute Gasteiger partial charge is 0.488 e. The molecule has 0 unspecified atom stereocenters. The van der Waals surface area contributed by atoms with Gasteiger partial charge in [-0.25, -0.2) is 4.39 Å². The first kappa shape index (κ1) is 14.4. The first-order chi connectivity index (χ1) is 9.51. The number of nitrogens with zero attached hydrogens (tertiary/aromatic N) is 1. The maximum absolute atomic E-state index is 13.2. The van der Waals surface area contributed by atoms with Crippen LogP contribution in [0.4, 0.5) is 4.39 Å². The smallest absolute Gasteiger partial charge is 0.125 e. The van der Waals surface area contributed by atoms with E-state index in [1.54, 1.807) is 12.1 Å². The topological polar surface area (TPSA) is 33.0 Å². The van der Waals surface area contributed by atoms with Gasteiger partial charge in [0.1, 0.15) is 18.2 Å². The van der Waals surface area contributed by atoms with E-state index in [-0.39, 0.29) is 12.4 Å². The highest BCUT2D eigenvalue weighted by atomic mass is 35.5. The Kier molecular flexibility index (Phi) is 4.26. The highest BCUT2D eigenvalue weighted by molar-refractivity contribution is 6.30. The Hall–Kier alpha value is -2.05. The van der Waals surface area contributed by atoms with Crippen LogP contribution in [0.15, 0.2) is 30.3 Å². The molecule has 2 aromatic rings. The fourth-order valence-corrected chi connectivity index (χ4v) is 2.39. The molecule has 4 heteroatoms. The lowest BCUT2D eigenvalue weighted by Gasteiger charge is -2.13. The van der Waals surface area contributed by atoms with E-state index in [2.05, 4.69) is 0 Å². The number of rotatable bonds is 3. The predicted molar refractivity (Wildman–Crippen MR) is 76.4 cm³/mol. The summed E-state index contributed by atoms with van der Waals surface area (Å²) in [6.45, 7) is 3.93. The van der Waals surface area contributed by atoms with Gasteiger partial charge in [0.15, 0.2) is 0 Å². The van der Waals surface area contributed by atoms with Crippen molar-refractivity contribution in [2.75, 3.05) is 0 Å². The van der Waals surface area contributed by atoms with Gasteiger partial charge in [-0.3, -0.25) is 0 Å². The highest BCUT2D eigenvalue weighted by Gasteiger charge is 2.09. The third-order valence-electron chi connectivity index (χ3n) is 2.98. The highest BCUT2D eigenvalue weighted by Crippen LogP contribution is 2.28. The number of halogens is 2. The average Bonchev–Trinajstić information content (AvgIpc) is 2.37. The fourth-order valence-electron chi connectivity index (χ4n) is 2.07. The summed E-state index contributed by atoms with van der Waals surface area (Å²) in [5, 5.41) is 9.66. The van der Waals surface area contributed by atoms with Crippen LogP contribution in [-0.4, -0.2) is 0 Å². The minimum absolute atomic E-state index is 0.143. The molecule has 0 amide bonds. The molecule has 0 saturated carbocycles. The summed E-state index contributed by atoms with van der Waals surface area (Å²) in [6.07, 6.45) is 0. The zero-order valence-electron chi connectivity index (χ0n) is 11.2. The van der Waals surface area contributed by atoms with Crippen molar-refractivity contribution >= 4 is 11.6 Å². The maximum atomic E-state index is 13.2. The van der Waals surface area contributed by atoms with Crippen molar-refractivity contribution in [1.82, 2.24) is 0 Å². The zero-order valence-corrected chi connectivity index (χ0v) is 12.0. The van der Waals surface area contributed by atoms with Gasteiger partial charge in [0, 0.05) is 10.6 Å². The molecule has 2 nitrogen and oxygen atoms in total. The summed E-state index contributed by atoms with van der Waals surface area (Å²) in [7, 11) is 0. The van der Waals surface area contributed by atoms with Gasteiger partial charge < -0.3 is 4.74 Å². The summed E-state index contributed by atoms with van der Waals surface area (Å²) in [5.41, 5.74) is 2.76. The molecule has 2 rings (SSSR count). The molecule has 0 bridgehead atoms. The molecule has 0 radical (unpaired) electrons. The summed E-state index contributed by atoms with van der Waals surface area (Å²) >= 11 is 5.96. The zero-order chi connectivity index (χ0) is 14.7. The van der Waals surface area contributed by atoms with E-state index in [1.807, 2.05) is 19.9 Å². The molecule has 0 aliphatic rings. The minimum Gasteiger partial charge on any atom is -0.488 e. The second-order valence-electron chi connectivity index (χ2n) is 4.57. The molecule has 0 N–H and O–H groups in total. The number of hydrogen-bond donors (Lipinski definition) is 0. The quantitative estimate of drug-likeness (QED) is 0.830. The van der Waals surface area contributed by atoms with Crippen molar-refractivity contribution in [3.05, 3.63) is 63.4 Å². The Morgan fingerprint density at radius 1 is 1.20 bits per heavy atom. The molecule has 0 fully saturated rings. The number of ether oxygens (including phenoxy) is 1. The van der Waals surface area contributed by atoms with Crippen LogP contribution in [0.2, 0.25) is 5.02 Å². The van der Waals surface area contributed by atoms with Gasteiger partial charge in [-0.1, -0.05) is 11.6 Å². The maximum Gasteiger partial charge on any atom is 0.125 e. The van der Waals surface area contributed by atoms with Gasteiger partial charge in [0.2, 0.25) is 0 Å². The van der Waals surface area contributed by atoms with Crippen molar-refractivity contribution in [3.63, 3.8) is 0 Å². The third-order valence-corrected chi connectivity index (χ3v) is 3.20. The number of nitriles is 1. The molecule has 0 heterocycles. The van der Waals surface area contributed by atoms with Gasteiger partial charge >= 0.3 is 0 Å². The average molecular weight is 290 g/mol. The lowest BCUT2D eigenvalue weighted by molar-refractivity contribution is 0.301. The van der Waals surface area contributed by atoms with E-state index in [0.29, 0.717) is 21.9 Å². The van der Waals surface area contributed by atoms with Crippen molar-refractivity contribution < 1.29 is 9.13 Å². The predicted octanol–water partition coefficient (Wildman–Crippen LogP) is 4.55. The Bertz CT molecular complexity index is 668. The summed E-state index contributed by atoms with van der Waals surface area (Å²) < 4.78 is 19.0. The van der Waals surface area contributed by atoms with E-state index in [0.717, 1.165) is 11.1 Å². The van der Waals surface area contributed by atoms with Gasteiger partial charge in [0.05, 0.1) is 11.6 Å². The number of hydrogen-bond acceptors (Lipinski definition) is 2. The Balaban J connectivity index is 2.26. The first-order valence-corrected chi connectivity index (χ1v) is 6.47. The normalized spacial score (nSPS) is 10.2. The van der Waals surface area contributed by atoms with Crippen molar-refractivity contribution in [1.29, 1.82) is 5.26 Å². The summed E-state index contributed by atoms with van der Waals surface area (Å²) in [4.78, 5) is 0. The van der Waals surface area contributed by atoms with Crippen LogP contribution in [0, 0.1) is 31.0 Å². The molecule has 0 saturated heterocycles. The molecule has 0 atom stereocenters. The SMILES string of the molecule is Cc1cc(Cl)cc(C)c1OCc1cc(F)ccc1C#N. The number of aryl methyl sites for hydroxylation is 2. The second-order valence-corrected chi connectivity index (χ2v) is 5.01. The van der Waals surface area contributed by atoms with Crippen LogP contribution in [-0.2, 0) is 6.61 Å². The molecule has 0 aliphatic carbocycles. The van der Waals surface area contributed by atoms with Crippen LogP contribution < -0.4 is 4.74 Å². The molecule has 20 heavy (non-hydrogen) atoms. The van der Waals surface area contributed by atoms with E-state index in [1.165, 1.54) is 18.2 Å². The van der Waals surface area contributed by atoms with Crippen LogP contribution in [0.3, 0.4) is 0 Å². The molecule has 0 spiro atoms. The summed E-state index contributed by atoms with van der Waals surface area (Å²) in [5.74, 6) is 0.328. The van der Waals surface area contributed by atoms with E-state index < -0.39 is 0 Å². The molecule has 0 aromatic heterocycles. The van der Waals surface area contributed by atoms with Crippen LogP contribution in [0.5, 0.6) is 5.75 Å². The lowest BCUT2D eigenvalue weighted by atomic mass is 10.1. The third kappa shape index (κ3) is 3.09.